The molecule has 2 atom stereocenters. The molecule has 2 rings (SSSR count). The third kappa shape index (κ3) is 2.56. The maximum absolute atomic E-state index is 13.1. The van der Waals surface area contributed by atoms with Crippen molar-refractivity contribution in [2.45, 2.75) is 45.1 Å². The Morgan fingerprint density at radius 1 is 1.33 bits per heavy atom. The van der Waals surface area contributed by atoms with Crippen molar-refractivity contribution in [3.63, 3.8) is 0 Å². The predicted octanol–water partition coefficient (Wildman–Crippen LogP) is 1.59. The number of hydrogen-bond acceptors (Lipinski definition) is 4. The Kier molecular flexibility index (Phi) is 4.33. The van der Waals surface area contributed by atoms with E-state index >= 15 is 0 Å². The Labute approximate surface area is 126 Å². The summed E-state index contributed by atoms with van der Waals surface area (Å²) in [6, 6.07) is 1.45. The average molecular weight is 312 g/mol. The molecule has 5 nitrogen and oxygen atoms in total. The summed E-state index contributed by atoms with van der Waals surface area (Å²) in [5, 5.41) is 9.53. The molecule has 3 N–H and O–H groups in total. The van der Waals surface area contributed by atoms with E-state index in [9.17, 15) is 13.5 Å². The number of benzene rings is 1. The first-order valence-electron chi connectivity index (χ1n) is 7.20. The molecule has 1 saturated heterocycles. The largest absolute Gasteiger partial charge is 0.398 e. The molecular formula is C15H24N2O3S. The van der Waals surface area contributed by atoms with Crippen molar-refractivity contribution in [2.75, 3.05) is 18.9 Å². The highest BCUT2D eigenvalue weighted by atomic mass is 32.2. The zero-order chi connectivity index (χ0) is 15.9. The van der Waals surface area contributed by atoms with Gasteiger partial charge in [-0.05, 0) is 55.9 Å². The van der Waals surface area contributed by atoms with E-state index in [2.05, 4.69) is 0 Å². The quantitative estimate of drug-likeness (QED) is 0.830. The van der Waals surface area contributed by atoms with Crippen LogP contribution in [0, 0.1) is 26.7 Å². The molecule has 1 aromatic carbocycles. The van der Waals surface area contributed by atoms with Crippen molar-refractivity contribution in [2.24, 2.45) is 5.92 Å². The van der Waals surface area contributed by atoms with Crippen molar-refractivity contribution in [1.29, 1.82) is 0 Å². The Balaban J connectivity index is 2.61. The number of nitrogens with zero attached hydrogens (tertiary/aromatic N) is 1. The summed E-state index contributed by atoms with van der Waals surface area (Å²) >= 11 is 0. The van der Waals surface area contributed by atoms with Crippen LogP contribution in [-0.4, -0.2) is 37.0 Å². The molecule has 0 aliphatic carbocycles. The topological polar surface area (TPSA) is 83.6 Å². The van der Waals surface area contributed by atoms with E-state index in [4.69, 9.17) is 5.73 Å². The first kappa shape index (κ1) is 16.3. The van der Waals surface area contributed by atoms with Gasteiger partial charge in [-0.1, -0.05) is 6.92 Å². The highest BCUT2D eigenvalue weighted by Crippen LogP contribution is 2.35. The molecule has 0 radical (unpaired) electrons. The monoisotopic (exact) mass is 312 g/mol. The molecule has 0 aromatic heterocycles. The number of nitrogen functional groups attached to an aromatic ring is 1. The first-order chi connectivity index (χ1) is 9.71. The van der Waals surface area contributed by atoms with E-state index in [1.807, 2.05) is 20.8 Å². The zero-order valence-electron chi connectivity index (χ0n) is 13.0. The van der Waals surface area contributed by atoms with Crippen LogP contribution in [0.5, 0.6) is 0 Å². The fourth-order valence-electron chi connectivity index (χ4n) is 3.09. The van der Waals surface area contributed by atoms with Crippen molar-refractivity contribution in [3.05, 3.63) is 22.8 Å². The molecule has 0 bridgehead atoms. The second-order valence-corrected chi connectivity index (χ2v) is 7.82. The van der Waals surface area contributed by atoms with Gasteiger partial charge in [0.25, 0.3) is 0 Å². The normalized spacial score (nSPS) is 23.7. The fraction of sp³-hybridized carbons (Fsp3) is 0.600. The van der Waals surface area contributed by atoms with Gasteiger partial charge in [-0.15, -0.1) is 0 Å². The molecule has 118 valence electrons. The second-order valence-electron chi connectivity index (χ2n) is 5.99. The SMILES string of the molecule is Cc1cc(N)c(C)c(S(=O)(=O)N2CCC(C)C2CO)c1C. The number of hydrogen-bond donors (Lipinski definition) is 2. The first-order valence-corrected chi connectivity index (χ1v) is 8.64. The van der Waals surface area contributed by atoms with E-state index in [-0.39, 0.29) is 18.6 Å². The summed E-state index contributed by atoms with van der Waals surface area (Å²) in [5.41, 5.74) is 8.63. The molecule has 1 aliphatic rings. The summed E-state index contributed by atoms with van der Waals surface area (Å²) < 4.78 is 27.5. The molecular weight excluding hydrogens is 288 g/mol. The van der Waals surface area contributed by atoms with Crippen molar-refractivity contribution < 1.29 is 13.5 Å². The summed E-state index contributed by atoms with van der Waals surface area (Å²) in [6.07, 6.45) is 0.768. The number of sulfonamides is 1. The number of aryl methyl sites for hydroxylation is 1. The standard InChI is InChI=1S/C15H24N2O3S/c1-9-5-6-17(14(9)8-18)21(19,20)15-11(3)10(2)7-13(16)12(15)4/h7,9,14,18H,5-6,8,16H2,1-4H3. The van der Waals surface area contributed by atoms with E-state index in [0.717, 1.165) is 17.5 Å². The molecule has 1 aliphatic heterocycles. The van der Waals surface area contributed by atoms with Gasteiger partial charge in [-0.3, -0.25) is 0 Å². The Bertz CT molecular complexity index is 629. The van der Waals surface area contributed by atoms with Gasteiger partial charge in [0, 0.05) is 12.2 Å². The Morgan fingerprint density at radius 3 is 2.52 bits per heavy atom. The fourth-order valence-corrected chi connectivity index (χ4v) is 5.35. The minimum atomic E-state index is -3.65. The summed E-state index contributed by atoms with van der Waals surface area (Å²) in [4.78, 5) is 0.299. The lowest BCUT2D eigenvalue weighted by Gasteiger charge is -2.27. The van der Waals surface area contributed by atoms with Gasteiger partial charge >= 0.3 is 0 Å². The summed E-state index contributed by atoms with van der Waals surface area (Å²) in [7, 11) is -3.65. The Hall–Kier alpha value is -1.11. The molecule has 0 spiro atoms. The number of nitrogens with two attached hydrogens (primary N) is 1. The molecule has 21 heavy (non-hydrogen) atoms. The van der Waals surface area contributed by atoms with Crippen molar-refractivity contribution in [1.82, 2.24) is 4.31 Å². The zero-order valence-corrected chi connectivity index (χ0v) is 13.9. The summed E-state index contributed by atoms with van der Waals surface area (Å²) in [5.74, 6) is 0.160. The van der Waals surface area contributed by atoms with Gasteiger partial charge in [-0.2, -0.15) is 4.31 Å². The van der Waals surface area contributed by atoms with Crippen molar-refractivity contribution >= 4 is 15.7 Å². The highest BCUT2D eigenvalue weighted by Gasteiger charge is 2.40. The lowest BCUT2D eigenvalue weighted by atomic mass is 10.0. The maximum atomic E-state index is 13.1. The Morgan fingerprint density at radius 2 is 1.95 bits per heavy atom. The van der Waals surface area contributed by atoms with Gasteiger partial charge < -0.3 is 10.8 Å². The van der Waals surface area contributed by atoms with Crippen LogP contribution in [0.15, 0.2) is 11.0 Å². The van der Waals surface area contributed by atoms with Gasteiger partial charge in [0.1, 0.15) is 0 Å². The molecule has 1 aromatic rings. The van der Waals surface area contributed by atoms with Crippen molar-refractivity contribution in [3.8, 4) is 0 Å². The molecule has 1 fully saturated rings. The van der Waals surface area contributed by atoms with Crippen LogP contribution < -0.4 is 5.73 Å². The van der Waals surface area contributed by atoms with Gasteiger partial charge in [-0.25, -0.2) is 8.42 Å². The van der Waals surface area contributed by atoms with E-state index in [0.29, 0.717) is 22.7 Å². The van der Waals surface area contributed by atoms with E-state index in [1.165, 1.54) is 4.31 Å². The van der Waals surface area contributed by atoms with Crippen LogP contribution in [0.4, 0.5) is 5.69 Å². The smallest absolute Gasteiger partial charge is 0.244 e. The van der Waals surface area contributed by atoms with Crippen LogP contribution in [-0.2, 0) is 10.0 Å². The van der Waals surface area contributed by atoms with E-state index in [1.54, 1.807) is 13.0 Å². The lowest BCUT2D eigenvalue weighted by molar-refractivity contribution is 0.191. The number of aliphatic hydroxyl groups is 1. The molecule has 2 unspecified atom stereocenters. The van der Waals surface area contributed by atoms with Crippen LogP contribution in [0.3, 0.4) is 0 Å². The van der Waals surface area contributed by atoms with Crippen LogP contribution in [0.25, 0.3) is 0 Å². The van der Waals surface area contributed by atoms with Crippen LogP contribution in [0.2, 0.25) is 0 Å². The highest BCUT2D eigenvalue weighted by molar-refractivity contribution is 7.89. The third-order valence-electron chi connectivity index (χ3n) is 4.66. The molecule has 6 heteroatoms. The second kappa shape index (κ2) is 5.59. The average Bonchev–Trinajstić information content (AvgIpc) is 2.78. The minimum absolute atomic E-state index is 0.153. The number of anilines is 1. The van der Waals surface area contributed by atoms with Crippen LogP contribution in [0.1, 0.15) is 30.0 Å². The molecule has 0 amide bonds. The summed E-state index contributed by atoms with van der Waals surface area (Å²) in [6.45, 7) is 7.67. The van der Waals surface area contributed by atoms with Gasteiger partial charge in [0.2, 0.25) is 10.0 Å². The predicted molar refractivity (Wildman–Crippen MR) is 83.6 cm³/mol. The third-order valence-corrected chi connectivity index (χ3v) is 6.86. The number of rotatable bonds is 3. The van der Waals surface area contributed by atoms with E-state index < -0.39 is 10.0 Å². The molecule has 0 saturated carbocycles. The lowest BCUT2D eigenvalue weighted by Crippen LogP contribution is -2.40. The van der Waals surface area contributed by atoms with Gasteiger partial charge in [0.15, 0.2) is 0 Å². The maximum Gasteiger partial charge on any atom is 0.244 e. The molecule has 1 heterocycles. The van der Waals surface area contributed by atoms with Crippen LogP contribution >= 0.6 is 0 Å². The van der Waals surface area contributed by atoms with Gasteiger partial charge in [0.05, 0.1) is 17.5 Å². The number of aliphatic hydroxyl groups excluding tert-OH is 1. The minimum Gasteiger partial charge on any atom is -0.398 e.